The summed E-state index contributed by atoms with van der Waals surface area (Å²) in [4.78, 5) is 16.7. The van der Waals surface area contributed by atoms with Crippen LogP contribution in [0.15, 0.2) is 42.6 Å². The van der Waals surface area contributed by atoms with E-state index in [1.54, 1.807) is 12.3 Å². The topological polar surface area (TPSA) is 68.0 Å². The van der Waals surface area contributed by atoms with Crippen LogP contribution >= 0.6 is 0 Å². The Bertz CT molecular complexity index is 627. The minimum atomic E-state index is -0.145. The number of hydrogen-bond donors (Lipinski definition) is 2. The maximum absolute atomic E-state index is 12.5. The number of amides is 1. The van der Waals surface area contributed by atoms with Crippen LogP contribution in [0.2, 0.25) is 0 Å². The standard InChI is InChI=1S/C17H21N3O/c1-17(2,3)14-7-5-4-6-13(14)16(21)20-15-9-8-12(10-18)11-19-15/h4-9,11H,10,18H2,1-3H3,(H,19,20,21). The van der Waals surface area contributed by atoms with E-state index in [2.05, 4.69) is 31.1 Å². The lowest BCUT2D eigenvalue weighted by atomic mass is 9.83. The van der Waals surface area contributed by atoms with Gasteiger partial charge in [-0.1, -0.05) is 45.0 Å². The number of nitrogens with one attached hydrogen (secondary N) is 1. The first kappa shape index (κ1) is 15.2. The first-order valence-corrected chi connectivity index (χ1v) is 6.97. The molecule has 2 rings (SSSR count). The Labute approximate surface area is 125 Å². The van der Waals surface area contributed by atoms with E-state index in [0.717, 1.165) is 11.1 Å². The highest BCUT2D eigenvalue weighted by atomic mass is 16.1. The summed E-state index contributed by atoms with van der Waals surface area (Å²) >= 11 is 0. The number of benzene rings is 1. The summed E-state index contributed by atoms with van der Waals surface area (Å²) in [7, 11) is 0. The van der Waals surface area contributed by atoms with E-state index in [1.165, 1.54) is 0 Å². The van der Waals surface area contributed by atoms with Crippen molar-refractivity contribution in [2.75, 3.05) is 5.32 Å². The summed E-state index contributed by atoms with van der Waals surface area (Å²) in [6.45, 7) is 6.71. The van der Waals surface area contributed by atoms with Crippen molar-refractivity contribution < 1.29 is 4.79 Å². The van der Waals surface area contributed by atoms with Gasteiger partial charge in [-0.25, -0.2) is 4.98 Å². The molecule has 0 aliphatic rings. The molecule has 0 spiro atoms. The highest BCUT2D eigenvalue weighted by molar-refractivity contribution is 6.05. The Hall–Kier alpha value is -2.20. The summed E-state index contributed by atoms with van der Waals surface area (Å²) < 4.78 is 0. The predicted octanol–water partition coefficient (Wildman–Crippen LogP) is 3.09. The van der Waals surface area contributed by atoms with Gasteiger partial charge < -0.3 is 11.1 Å². The highest BCUT2D eigenvalue weighted by Crippen LogP contribution is 2.26. The Morgan fingerprint density at radius 1 is 1.19 bits per heavy atom. The van der Waals surface area contributed by atoms with Gasteiger partial charge in [0.2, 0.25) is 0 Å². The second-order valence-electron chi connectivity index (χ2n) is 6.01. The van der Waals surface area contributed by atoms with E-state index < -0.39 is 0 Å². The molecule has 0 fully saturated rings. The van der Waals surface area contributed by atoms with E-state index in [-0.39, 0.29) is 11.3 Å². The van der Waals surface area contributed by atoms with Crippen molar-refractivity contribution in [3.05, 3.63) is 59.3 Å². The van der Waals surface area contributed by atoms with Crippen LogP contribution in [0.25, 0.3) is 0 Å². The Morgan fingerprint density at radius 2 is 1.90 bits per heavy atom. The van der Waals surface area contributed by atoms with Gasteiger partial charge in [-0.2, -0.15) is 0 Å². The normalized spacial score (nSPS) is 11.2. The number of anilines is 1. The number of hydrogen-bond acceptors (Lipinski definition) is 3. The summed E-state index contributed by atoms with van der Waals surface area (Å²) in [5.74, 6) is 0.384. The molecule has 110 valence electrons. The van der Waals surface area contributed by atoms with Crippen molar-refractivity contribution in [3.63, 3.8) is 0 Å². The van der Waals surface area contributed by atoms with Crippen LogP contribution in [0.4, 0.5) is 5.82 Å². The van der Waals surface area contributed by atoms with Crippen molar-refractivity contribution in [2.45, 2.75) is 32.7 Å². The van der Waals surface area contributed by atoms with Gasteiger partial charge in [-0.05, 0) is 28.7 Å². The third-order valence-electron chi connectivity index (χ3n) is 3.28. The fraction of sp³-hybridized carbons (Fsp3) is 0.294. The van der Waals surface area contributed by atoms with E-state index in [1.807, 2.05) is 30.3 Å². The molecule has 0 saturated heterocycles. The zero-order chi connectivity index (χ0) is 15.5. The monoisotopic (exact) mass is 283 g/mol. The maximum Gasteiger partial charge on any atom is 0.257 e. The molecule has 0 bridgehead atoms. The molecule has 0 unspecified atom stereocenters. The zero-order valence-corrected chi connectivity index (χ0v) is 12.7. The average Bonchev–Trinajstić information content (AvgIpc) is 2.47. The van der Waals surface area contributed by atoms with Crippen LogP contribution in [-0.2, 0) is 12.0 Å². The second-order valence-corrected chi connectivity index (χ2v) is 6.01. The molecule has 3 N–H and O–H groups in total. The van der Waals surface area contributed by atoms with Gasteiger partial charge in [-0.3, -0.25) is 4.79 Å². The van der Waals surface area contributed by atoms with Gasteiger partial charge in [0.15, 0.2) is 0 Å². The molecule has 4 heteroatoms. The lowest BCUT2D eigenvalue weighted by Gasteiger charge is -2.22. The number of aromatic nitrogens is 1. The minimum Gasteiger partial charge on any atom is -0.326 e. The number of pyridine rings is 1. The van der Waals surface area contributed by atoms with Crippen LogP contribution in [0, 0.1) is 0 Å². The van der Waals surface area contributed by atoms with Crippen LogP contribution in [0.3, 0.4) is 0 Å². The van der Waals surface area contributed by atoms with Crippen molar-refractivity contribution in [1.82, 2.24) is 4.98 Å². The Balaban J connectivity index is 2.24. The molecule has 0 saturated carbocycles. The molecular formula is C17H21N3O. The lowest BCUT2D eigenvalue weighted by molar-refractivity contribution is 0.102. The number of nitrogens with zero attached hydrogens (tertiary/aromatic N) is 1. The minimum absolute atomic E-state index is 0.0925. The predicted molar refractivity (Wildman–Crippen MR) is 85.2 cm³/mol. The third kappa shape index (κ3) is 3.67. The first-order valence-electron chi connectivity index (χ1n) is 6.97. The van der Waals surface area contributed by atoms with E-state index in [4.69, 9.17) is 5.73 Å². The zero-order valence-electron chi connectivity index (χ0n) is 12.7. The summed E-state index contributed by atoms with van der Waals surface area (Å²) in [6, 6.07) is 11.3. The van der Waals surface area contributed by atoms with Crippen LogP contribution < -0.4 is 11.1 Å². The Kier molecular flexibility index (Phi) is 4.38. The van der Waals surface area contributed by atoms with E-state index in [0.29, 0.717) is 17.9 Å². The van der Waals surface area contributed by atoms with E-state index in [9.17, 15) is 4.79 Å². The van der Waals surface area contributed by atoms with Crippen LogP contribution in [0.5, 0.6) is 0 Å². The van der Waals surface area contributed by atoms with Crippen molar-refractivity contribution in [3.8, 4) is 0 Å². The fourth-order valence-electron chi connectivity index (χ4n) is 2.14. The number of nitrogens with two attached hydrogens (primary N) is 1. The van der Waals surface area contributed by atoms with Gasteiger partial charge >= 0.3 is 0 Å². The Morgan fingerprint density at radius 3 is 2.48 bits per heavy atom. The molecular weight excluding hydrogens is 262 g/mol. The number of rotatable bonds is 3. The molecule has 1 amide bonds. The second kappa shape index (κ2) is 6.06. The molecule has 1 heterocycles. The van der Waals surface area contributed by atoms with Crippen molar-refractivity contribution >= 4 is 11.7 Å². The molecule has 4 nitrogen and oxygen atoms in total. The largest absolute Gasteiger partial charge is 0.326 e. The average molecular weight is 283 g/mol. The van der Waals surface area contributed by atoms with Gasteiger partial charge in [0.1, 0.15) is 5.82 Å². The maximum atomic E-state index is 12.5. The SMILES string of the molecule is CC(C)(C)c1ccccc1C(=O)Nc1ccc(CN)cn1. The van der Waals surface area contributed by atoms with Crippen molar-refractivity contribution in [1.29, 1.82) is 0 Å². The number of carbonyl (C=O) groups is 1. The molecule has 21 heavy (non-hydrogen) atoms. The quantitative estimate of drug-likeness (QED) is 0.909. The molecule has 0 aliphatic carbocycles. The van der Waals surface area contributed by atoms with Crippen LogP contribution in [-0.4, -0.2) is 10.9 Å². The molecule has 1 aromatic heterocycles. The highest BCUT2D eigenvalue weighted by Gasteiger charge is 2.21. The lowest BCUT2D eigenvalue weighted by Crippen LogP contribution is -2.21. The molecule has 0 atom stereocenters. The molecule has 0 radical (unpaired) electrons. The van der Waals surface area contributed by atoms with Crippen molar-refractivity contribution in [2.24, 2.45) is 5.73 Å². The van der Waals surface area contributed by atoms with E-state index >= 15 is 0 Å². The molecule has 2 aromatic rings. The summed E-state index contributed by atoms with van der Waals surface area (Å²) in [6.07, 6.45) is 1.67. The fourth-order valence-corrected chi connectivity index (χ4v) is 2.14. The smallest absolute Gasteiger partial charge is 0.257 e. The summed E-state index contributed by atoms with van der Waals surface area (Å²) in [5, 5.41) is 2.83. The molecule has 0 aliphatic heterocycles. The van der Waals surface area contributed by atoms with Crippen LogP contribution in [0.1, 0.15) is 42.3 Å². The summed E-state index contributed by atoms with van der Waals surface area (Å²) in [5.41, 5.74) is 8.06. The number of carbonyl (C=O) groups excluding carboxylic acids is 1. The van der Waals surface area contributed by atoms with Gasteiger partial charge in [0.05, 0.1) is 0 Å². The molecule has 1 aromatic carbocycles. The van der Waals surface area contributed by atoms with Gasteiger partial charge in [0, 0.05) is 18.3 Å². The third-order valence-corrected chi connectivity index (χ3v) is 3.28. The first-order chi connectivity index (χ1) is 9.91. The van der Waals surface area contributed by atoms with Gasteiger partial charge in [0.25, 0.3) is 5.91 Å². The van der Waals surface area contributed by atoms with Gasteiger partial charge in [-0.15, -0.1) is 0 Å².